The summed E-state index contributed by atoms with van der Waals surface area (Å²) in [5.41, 5.74) is 6.06. The molecule has 3 N–H and O–H groups in total. The number of hydrogen-bond donors (Lipinski definition) is 3. The molecular formula is C38H41N7O2. The molecule has 0 radical (unpaired) electrons. The topological polar surface area (TPSA) is 112 Å². The van der Waals surface area contributed by atoms with E-state index in [1.54, 1.807) is 0 Å². The first kappa shape index (κ1) is 31.8. The van der Waals surface area contributed by atoms with Gasteiger partial charge < -0.3 is 20.7 Å². The molecule has 0 aromatic heterocycles. The fraction of sp³-hybridized carbons (Fsp3) is 0.289. The molecule has 0 saturated carbocycles. The molecule has 1 aliphatic heterocycles. The maximum absolute atomic E-state index is 12.0. The van der Waals surface area contributed by atoms with E-state index < -0.39 is 0 Å². The zero-order valence-corrected chi connectivity index (χ0v) is 27.2. The number of nitrogens with one attached hydrogen (secondary N) is 3. The van der Waals surface area contributed by atoms with Crippen molar-refractivity contribution in [2.24, 2.45) is 20.5 Å². The zero-order chi connectivity index (χ0) is 32.6. The van der Waals surface area contributed by atoms with Gasteiger partial charge in [0.1, 0.15) is 5.66 Å². The van der Waals surface area contributed by atoms with Crippen molar-refractivity contribution in [1.82, 2.24) is 5.32 Å². The van der Waals surface area contributed by atoms with Gasteiger partial charge in [-0.15, -0.1) is 15.3 Å². The number of unbranched alkanes of at least 4 members (excludes halogenated alkanes) is 2. The molecule has 9 nitrogen and oxygen atoms in total. The summed E-state index contributed by atoms with van der Waals surface area (Å²) in [6, 6.07) is 30.1. The molecule has 47 heavy (non-hydrogen) atoms. The molecule has 5 aromatic carbocycles. The van der Waals surface area contributed by atoms with E-state index in [1.165, 1.54) is 0 Å². The van der Waals surface area contributed by atoms with Crippen molar-refractivity contribution < 1.29 is 9.53 Å². The Morgan fingerprint density at radius 3 is 2.02 bits per heavy atom. The molecule has 6 rings (SSSR count). The minimum Gasteiger partial charge on any atom is -0.465 e. The second kappa shape index (κ2) is 14.5. The van der Waals surface area contributed by atoms with Crippen LogP contribution in [0.25, 0.3) is 21.5 Å². The predicted molar refractivity (Wildman–Crippen MR) is 191 cm³/mol. The van der Waals surface area contributed by atoms with Gasteiger partial charge in [0.25, 0.3) is 0 Å². The molecule has 1 heterocycles. The van der Waals surface area contributed by atoms with Crippen LogP contribution in [0.1, 0.15) is 45.1 Å². The van der Waals surface area contributed by atoms with Crippen LogP contribution in [0.3, 0.4) is 0 Å². The highest BCUT2D eigenvalue weighted by Crippen LogP contribution is 2.42. The number of anilines is 2. The van der Waals surface area contributed by atoms with Crippen LogP contribution in [0.4, 0.5) is 34.1 Å². The first-order valence-electron chi connectivity index (χ1n) is 16.3. The van der Waals surface area contributed by atoms with E-state index in [2.05, 4.69) is 58.2 Å². The lowest BCUT2D eigenvalue weighted by Gasteiger charge is -2.36. The van der Waals surface area contributed by atoms with Crippen molar-refractivity contribution in [2.45, 2.75) is 51.6 Å². The standard InChI is InChI=1S/C38H41N7O2/c1-38(2)40-34-13-9-12-30-33(21-22-35(41-38)37(30)34)45-44-32-20-19-31(28-10-6-7-11-29(28)32)43-42-27-17-15-26(16-18-27)23-25-47-36(46)14-5-4-8-24-39-3/h6-7,9-13,15-22,39-41H,4-5,8,14,23-25H2,1-3H3/b43-42+,45-44+. The summed E-state index contributed by atoms with van der Waals surface area (Å²) in [6.07, 6.45) is 4.10. The number of carbonyl (C=O) groups is 1. The van der Waals surface area contributed by atoms with E-state index in [0.717, 1.165) is 87.0 Å². The Hall–Kier alpha value is -5.15. The SMILES string of the molecule is CNCCCCCC(=O)OCCc1ccc(/N=N/c2ccc(/N=N/c3ccc4c5c(cccc35)NC(C)(C)N4)c3ccccc23)cc1. The van der Waals surface area contributed by atoms with Gasteiger partial charge in [0, 0.05) is 45.8 Å². The van der Waals surface area contributed by atoms with Gasteiger partial charge in [-0.25, -0.2) is 0 Å². The molecule has 0 fully saturated rings. The first-order valence-corrected chi connectivity index (χ1v) is 16.3. The van der Waals surface area contributed by atoms with E-state index in [-0.39, 0.29) is 11.6 Å². The summed E-state index contributed by atoms with van der Waals surface area (Å²) < 4.78 is 5.41. The van der Waals surface area contributed by atoms with Crippen LogP contribution in [-0.2, 0) is 16.0 Å². The summed E-state index contributed by atoms with van der Waals surface area (Å²) in [5, 5.41) is 32.8. The van der Waals surface area contributed by atoms with Crippen molar-refractivity contribution in [3.8, 4) is 0 Å². The molecule has 5 aromatic rings. The average molecular weight is 628 g/mol. The minimum atomic E-state index is -0.241. The van der Waals surface area contributed by atoms with Gasteiger partial charge >= 0.3 is 5.97 Å². The number of nitrogens with zero attached hydrogens (tertiary/aromatic N) is 4. The van der Waals surface area contributed by atoms with Crippen LogP contribution in [0.2, 0.25) is 0 Å². The number of azo groups is 2. The third-order valence-electron chi connectivity index (χ3n) is 8.23. The Morgan fingerprint density at radius 2 is 1.32 bits per heavy atom. The largest absolute Gasteiger partial charge is 0.465 e. The van der Waals surface area contributed by atoms with Crippen molar-refractivity contribution in [1.29, 1.82) is 0 Å². The average Bonchev–Trinajstić information content (AvgIpc) is 3.07. The highest BCUT2D eigenvalue weighted by Gasteiger charge is 2.25. The van der Waals surface area contributed by atoms with Gasteiger partial charge in [-0.2, -0.15) is 5.11 Å². The number of benzene rings is 5. The highest BCUT2D eigenvalue weighted by molar-refractivity contribution is 6.09. The Balaban J connectivity index is 1.12. The van der Waals surface area contributed by atoms with E-state index in [9.17, 15) is 4.79 Å². The molecule has 0 saturated heterocycles. The molecule has 1 aliphatic rings. The van der Waals surface area contributed by atoms with Crippen LogP contribution < -0.4 is 16.0 Å². The second-order valence-corrected chi connectivity index (χ2v) is 12.3. The summed E-state index contributed by atoms with van der Waals surface area (Å²) in [4.78, 5) is 12.0. The van der Waals surface area contributed by atoms with Crippen LogP contribution in [0.5, 0.6) is 0 Å². The molecule has 0 atom stereocenters. The number of hydrogen-bond acceptors (Lipinski definition) is 9. The van der Waals surface area contributed by atoms with E-state index in [1.807, 2.05) is 79.8 Å². The lowest BCUT2D eigenvalue weighted by Crippen LogP contribution is -2.41. The fourth-order valence-electron chi connectivity index (χ4n) is 5.88. The number of ether oxygens (including phenoxy) is 1. The van der Waals surface area contributed by atoms with Crippen molar-refractivity contribution in [3.63, 3.8) is 0 Å². The lowest BCUT2D eigenvalue weighted by atomic mass is 10.00. The smallest absolute Gasteiger partial charge is 0.305 e. The summed E-state index contributed by atoms with van der Waals surface area (Å²) in [5.74, 6) is -0.129. The Kier molecular flexibility index (Phi) is 9.83. The molecule has 0 unspecified atom stereocenters. The van der Waals surface area contributed by atoms with Gasteiger partial charge in [-0.3, -0.25) is 4.79 Å². The van der Waals surface area contributed by atoms with Crippen molar-refractivity contribution >= 4 is 61.6 Å². The molecule has 0 amide bonds. The molecule has 0 spiro atoms. The van der Waals surface area contributed by atoms with Gasteiger partial charge in [-0.1, -0.05) is 55.0 Å². The van der Waals surface area contributed by atoms with Gasteiger partial charge in [0.05, 0.1) is 29.4 Å². The van der Waals surface area contributed by atoms with Crippen LogP contribution >= 0.6 is 0 Å². The number of esters is 1. The predicted octanol–water partition coefficient (Wildman–Crippen LogP) is 10.3. The van der Waals surface area contributed by atoms with Crippen LogP contribution in [0, 0.1) is 0 Å². The normalized spacial score (nSPS) is 13.7. The number of fused-ring (bicyclic) bond motifs is 1. The van der Waals surface area contributed by atoms with E-state index >= 15 is 0 Å². The fourth-order valence-corrected chi connectivity index (χ4v) is 5.88. The molecule has 0 aliphatic carbocycles. The summed E-state index contributed by atoms with van der Waals surface area (Å²) in [7, 11) is 1.94. The molecular weight excluding hydrogens is 586 g/mol. The Morgan fingerprint density at radius 1 is 0.702 bits per heavy atom. The lowest BCUT2D eigenvalue weighted by molar-refractivity contribution is -0.143. The molecule has 0 bridgehead atoms. The van der Waals surface area contributed by atoms with Crippen molar-refractivity contribution in [3.05, 3.63) is 96.6 Å². The van der Waals surface area contributed by atoms with E-state index in [4.69, 9.17) is 15.0 Å². The Labute approximate surface area is 275 Å². The highest BCUT2D eigenvalue weighted by atomic mass is 16.5. The second-order valence-electron chi connectivity index (χ2n) is 12.3. The maximum atomic E-state index is 12.0. The summed E-state index contributed by atoms with van der Waals surface area (Å²) in [6.45, 7) is 5.59. The van der Waals surface area contributed by atoms with Crippen molar-refractivity contribution in [2.75, 3.05) is 30.8 Å². The van der Waals surface area contributed by atoms with Crippen LogP contribution in [0.15, 0.2) is 111 Å². The number of carbonyl (C=O) groups excluding carboxylic acids is 1. The third kappa shape index (κ3) is 7.81. The minimum absolute atomic E-state index is 0.129. The van der Waals surface area contributed by atoms with Gasteiger partial charge in [0.2, 0.25) is 0 Å². The molecule has 9 heteroatoms. The van der Waals surface area contributed by atoms with Crippen LogP contribution in [-0.4, -0.2) is 31.8 Å². The molecule has 240 valence electrons. The third-order valence-corrected chi connectivity index (χ3v) is 8.23. The first-order chi connectivity index (χ1) is 22.9. The number of rotatable bonds is 13. The zero-order valence-electron chi connectivity index (χ0n) is 27.2. The van der Waals surface area contributed by atoms with Gasteiger partial charge in [-0.05, 0) is 88.3 Å². The summed E-state index contributed by atoms with van der Waals surface area (Å²) >= 11 is 0. The van der Waals surface area contributed by atoms with Gasteiger partial charge in [0.15, 0.2) is 0 Å². The quantitative estimate of drug-likeness (QED) is 0.0683. The Bertz CT molecular complexity index is 1920. The van der Waals surface area contributed by atoms with E-state index in [0.29, 0.717) is 19.4 Å². The monoisotopic (exact) mass is 627 g/mol. The maximum Gasteiger partial charge on any atom is 0.305 e.